The number of nitrogens with one attached hydrogen (secondary N) is 2. The van der Waals surface area contributed by atoms with Crippen LogP contribution in [0, 0.1) is 0 Å². The lowest BCUT2D eigenvalue weighted by molar-refractivity contribution is -0.136. The number of aliphatic carboxylic acids is 1. The number of ether oxygens (including phenoxy) is 1. The Balaban J connectivity index is 1.42. The number of halogens is 1. The van der Waals surface area contributed by atoms with Gasteiger partial charge in [0.25, 0.3) is 0 Å². The van der Waals surface area contributed by atoms with Crippen LogP contribution in [0.4, 0.5) is 10.5 Å². The van der Waals surface area contributed by atoms with Crippen LogP contribution in [0.25, 0.3) is 0 Å². The number of nitrogens with zero attached hydrogens (tertiary/aromatic N) is 1. The first-order chi connectivity index (χ1) is 13.0. The van der Waals surface area contributed by atoms with Crippen LogP contribution >= 0.6 is 22.9 Å². The van der Waals surface area contributed by atoms with Gasteiger partial charge in [0.05, 0.1) is 35.1 Å². The van der Waals surface area contributed by atoms with Gasteiger partial charge in [-0.25, -0.2) is 9.79 Å². The summed E-state index contributed by atoms with van der Waals surface area (Å²) in [5, 5.41) is 14.8. The molecule has 0 radical (unpaired) electrons. The van der Waals surface area contributed by atoms with Crippen molar-refractivity contribution in [2.24, 2.45) is 4.99 Å². The van der Waals surface area contributed by atoms with Crippen LogP contribution in [0.15, 0.2) is 35.3 Å². The molecule has 0 unspecified atom stereocenters. The van der Waals surface area contributed by atoms with Gasteiger partial charge in [0.1, 0.15) is 0 Å². The minimum atomic E-state index is -0.953. The molecule has 0 saturated carbocycles. The quantitative estimate of drug-likeness (QED) is 0.725. The zero-order valence-electron chi connectivity index (χ0n) is 14.1. The lowest BCUT2D eigenvalue weighted by Gasteiger charge is -2.22. The summed E-state index contributed by atoms with van der Waals surface area (Å²) < 4.78 is 6.00. The van der Waals surface area contributed by atoms with Gasteiger partial charge in [-0.05, 0) is 23.6 Å². The normalized spacial score (nSPS) is 20.0. The monoisotopic (exact) mass is 405 g/mol. The van der Waals surface area contributed by atoms with Crippen LogP contribution in [0.3, 0.4) is 0 Å². The maximum absolute atomic E-state index is 12.3. The molecular formula is C18H16ClN3O4S. The Labute approximate surface area is 164 Å². The van der Waals surface area contributed by atoms with E-state index in [0.717, 1.165) is 21.7 Å². The van der Waals surface area contributed by atoms with Crippen molar-refractivity contribution >= 4 is 46.6 Å². The van der Waals surface area contributed by atoms with Gasteiger partial charge in [0, 0.05) is 4.88 Å². The molecule has 140 valence electrons. The standard InChI is InChI=1S/C18H16ClN3O4S/c19-14-6-11-13(27-14)7-15(21-11)26-18(25)22-12-5-9-3-1-2-4-10(9)17(12)20-8-16(23)24/h1-4,6,12,17,20H,5,7-8H2,(H,22,25)(H,23,24)/t12-,17-/m1/s1. The second-order valence-electron chi connectivity index (χ2n) is 6.34. The number of carbonyl (C=O) groups excluding carboxylic acids is 1. The van der Waals surface area contributed by atoms with Gasteiger partial charge in [0.15, 0.2) is 0 Å². The van der Waals surface area contributed by atoms with E-state index in [1.807, 2.05) is 24.3 Å². The fourth-order valence-corrected chi connectivity index (χ4v) is 4.64. The molecule has 3 N–H and O–H groups in total. The third-order valence-corrected chi connectivity index (χ3v) is 5.79. The first-order valence-corrected chi connectivity index (χ1v) is 9.56. The van der Waals surface area contributed by atoms with Gasteiger partial charge in [-0.1, -0.05) is 35.9 Å². The molecule has 2 heterocycles. The Bertz CT molecular complexity index is 942. The van der Waals surface area contributed by atoms with E-state index in [4.69, 9.17) is 21.4 Å². The Morgan fingerprint density at radius 3 is 2.96 bits per heavy atom. The number of carbonyl (C=O) groups is 2. The number of benzene rings is 1. The molecule has 7 nitrogen and oxygen atoms in total. The number of carboxylic acids is 1. The highest BCUT2D eigenvalue weighted by molar-refractivity contribution is 7.16. The van der Waals surface area contributed by atoms with Crippen LogP contribution in [0.2, 0.25) is 4.34 Å². The zero-order valence-corrected chi connectivity index (χ0v) is 15.6. The Morgan fingerprint density at radius 1 is 1.37 bits per heavy atom. The first kappa shape index (κ1) is 18.0. The molecule has 1 aromatic carbocycles. The highest BCUT2D eigenvalue weighted by Crippen LogP contribution is 2.37. The number of amides is 1. The maximum Gasteiger partial charge on any atom is 0.413 e. The molecule has 2 aliphatic rings. The van der Waals surface area contributed by atoms with Crippen LogP contribution in [0.1, 0.15) is 22.0 Å². The summed E-state index contributed by atoms with van der Waals surface area (Å²) in [6, 6.07) is 8.87. The molecule has 0 saturated heterocycles. The molecule has 27 heavy (non-hydrogen) atoms. The predicted octanol–water partition coefficient (Wildman–Crippen LogP) is 3.05. The average Bonchev–Trinajstić information content (AvgIpc) is 3.23. The molecule has 2 aromatic rings. The van der Waals surface area contributed by atoms with Gasteiger partial charge in [-0.15, -0.1) is 11.3 Å². The highest BCUT2D eigenvalue weighted by Gasteiger charge is 2.34. The number of thiophene rings is 1. The number of alkyl carbamates (subject to hydrolysis) is 1. The number of rotatable bonds is 4. The minimum Gasteiger partial charge on any atom is -0.480 e. The summed E-state index contributed by atoms with van der Waals surface area (Å²) in [6.45, 7) is -0.195. The van der Waals surface area contributed by atoms with E-state index in [1.54, 1.807) is 6.07 Å². The Morgan fingerprint density at radius 2 is 2.19 bits per heavy atom. The van der Waals surface area contributed by atoms with E-state index in [2.05, 4.69) is 15.6 Å². The van der Waals surface area contributed by atoms with Crippen molar-refractivity contribution in [3.63, 3.8) is 0 Å². The molecule has 0 bridgehead atoms. The Hall–Kier alpha value is -2.42. The molecule has 0 spiro atoms. The summed E-state index contributed by atoms with van der Waals surface area (Å²) >= 11 is 7.35. The molecule has 1 amide bonds. The van der Waals surface area contributed by atoms with E-state index >= 15 is 0 Å². The van der Waals surface area contributed by atoms with Gasteiger partial charge in [0.2, 0.25) is 5.90 Å². The van der Waals surface area contributed by atoms with Crippen molar-refractivity contribution in [3.05, 3.63) is 50.7 Å². The summed E-state index contributed by atoms with van der Waals surface area (Å²) in [7, 11) is 0. The van der Waals surface area contributed by atoms with Gasteiger partial charge >= 0.3 is 12.1 Å². The smallest absolute Gasteiger partial charge is 0.413 e. The van der Waals surface area contributed by atoms with Gasteiger partial charge < -0.3 is 15.2 Å². The summed E-state index contributed by atoms with van der Waals surface area (Å²) in [5.41, 5.74) is 2.79. The second kappa shape index (κ2) is 7.30. The molecule has 1 aliphatic carbocycles. The van der Waals surface area contributed by atoms with Crippen molar-refractivity contribution < 1.29 is 19.4 Å². The van der Waals surface area contributed by atoms with E-state index in [1.165, 1.54) is 11.3 Å². The highest BCUT2D eigenvalue weighted by atomic mass is 35.5. The third-order valence-electron chi connectivity index (χ3n) is 4.53. The molecule has 1 aromatic heterocycles. The fraction of sp³-hybridized carbons (Fsp3) is 0.278. The maximum atomic E-state index is 12.3. The van der Waals surface area contributed by atoms with Crippen LogP contribution < -0.4 is 10.6 Å². The molecule has 2 atom stereocenters. The van der Waals surface area contributed by atoms with Crippen molar-refractivity contribution in [3.8, 4) is 0 Å². The largest absolute Gasteiger partial charge is 0.480 e. The van der Waals surface area contributed by atoms with Gasteiger partial charge in [-0.2, -0.15) is 0 Å². The molecule has 1 aliphatic heterocycles. The van der Waals surface area contributed by atoms with Crippen LogP contribution in [-0.4, -0.2) is 35.7 Å². The number of carboxylic acid groups (broad SMARTS) is 1. The van der Waals surface area contributed by atoms with E-state index in [-0.39, 0.29) is 18.6 Å². The minimum absolute atomic E-state index is 0.195. The van der Waals surface area contributed by atoms with Crippen LogP contribution in [0.5, 0.6) is 0 Å². The first-order valence-electron chi connectivity index (χ1n) is 8.36. The summed E-state index contributed by atoms with van der Waals surface area (Å²) in [6.07, 6.45) is 0.430. The molecular weight excluding hydrogens is 390 g/mol. The number of hydrogen-bond acceptors (Lipinski definition) is 6. The second-order valence-corrected chi connectivity index (χ2v) is 8.10. The Kier molecular flexibility index (Phi) is 4.86. The molecule has 4 rings (SSSR count). The summed E-state index contributed by atoms with van der Waals surface area (Å²) in [5.74, 6) is -0.623. The van der Waals surface area contributed by atoms with Gasteiger partial charge in [-0.3, -0.25) is 10.1 Å². The van der Waals surface area contributed by atoms with E-state index in [0.29, 0.717) is 23.1 Å². The third kappa shape index (κ3) is 3.83. The van der Waals surface area contributed by atoms with E-state index in [9.17, 15) is 9.59 Å². The fourth-order valence-electron chi connectivity index (χ4n) is 3.45. The predicted molar refractivity (Wildman–Crippen MR) is 102 cm³/mol. The van der Waals surface area contributed by atoms with Crippen LogP contribution in [-0.2, 0) is 22.4 Å². The number of aliphatic imine (C=N–C) groups is 1. The van der Waals surface area contributed by atoms with E-state index < -0.39 is 12.1 Å². The summed E-state index contributed by atoms with van der Waals surface area (Å²) in [4.78, 5) is 28.5. The molecule has 0 fully saturated rings. The lowest BCUT2D eigenvalue weighted by Crippen LogP contribution is -2.44. The van der Waals surface area contributed by atoms with Crippen molar-refractivity contribution in [1.29, 1.82) is 0 Å². The average molecular weight is 406 g/mol. The SMILES string of the molecule is O=C(O)CN[C@@H]1c2ccccc2C[C@H]1NC(=O)OC1=Nc2cc(Cl)sc2C1. The number of hydrogen-bond donors (Lipinski definition) is 3. The van der Waals surface area contributed by atoms with Crippen molar-refractivity contribution in [2.75, 3.05) is 6.54 Å². The lowest BCUT2D eigenvalue weighted by atomic mass is 10.1. The van der Waals surface area contributed by atoms with Crippen molar-refractivity contribution in [1.82, 2.24) is 10.6 Å². The number of fused-ring (bicyclic) bond motifs is 2. The topological polar surface area (TPSA) is 100 Å². The molecule has 9 heteroatoms. The zero-order chi connectivity index (χ0) is 19.0. The van der Waals surface area contributed by atoms with Crippen molar-refractivity contribution in [2.45, 2.75) is 24.9 Å².